The summed E-state index contributed by atoms with van der Waals surface area (Å²) in [7, 11) is 0. The molecule has 0 bridgehead atoms. The number of likely N-dealkylation sites (tertiary alicyclic amines) is 1. The monoisotopic (exact) mass is 352 g/mol. The largest absolute Gasteiger partial charge is 0.490 e. The molecule has 2 aliphatic rings. The highest BCUT2D eigenvalue weighted by atomic mass is 16.5. The molecule has 0 aliphatic carbocycles. The summed E-state index contributed by atoms with van der Waals surface area (Å²) in [6.07, 6.45) is 3.05. The molecule has 1 fully saturated rings. The second kappa shape index (κ2) is 7.79. The lowest BCUT2D eigenvalue weighted by atomic mass is 10.0. The smallest absolute Gasteiger partial charge is 0.238 e. The number of nitrogens with zero attached hydrogens (tertiary/aromatic N) is 1. The van der Waals surface area contributed by atoms with Crippen molar-refractivity contribution in [2.75, 3.05) is 31.6 Å². The highest BCUT2D eigenvalue weighted by Crippen LogP contribution is 2.37. The van der Waals surface area contributed by atoms with Gasteiger partial charge in [0.05, 0.1) is 19.8 Å². The summed E-state index contributed by atoms with van der Waals surface area (Å²) in [6.45, 7) is 2.71. The first kappa shape index (κ1) is 16.9. The third-order valence-electron chi connectivity index (χ3n) is 4.92. The zero-order valence-electron chi connectivity index (χ0n) is 14.8. The first-order valence-electron chi connectivity index (χ1n) is 9.28. The summed E-state index contributed by atoms with van der Waals surface area (Å²) >= 11 is 0. The number of para-hydroxylation sites is 1. The van der Waals surface area contributed by atoms with Crippen molar-refractivity contribution in [3.8, 4) is 11.5 Å². The van der Waals surface area contributed by atoms with Gasteiger partial charge in [-0.2, -0.15) is 0 Å². The van der Waals surface area contributed by atoms with E-state index in [9.17, 15) is 4.79 Å². The van der Waals surface area contributed by atoms with Crippen LogP contribution in [0.5, 0.6) is 11.5 Å². The zero-order valence-corrected chi connectivity index (χ0v) is 14.8. The van der Waals surface area contributed by atoms with Gasteiger partial charge in [-0.15, -0.1) is 0 Å². The van der Waals surface area contributed by atoms with Crippen LogP contribution in [0, 0.1) is 0 Å². The quantitative estimate of drug-likeness (QED) is 0.913. The van der Waals surface area contributed by atoms with E-state index in [1.165, 1.54) is 5.56 Å². The molecule has 2 heterocycles. The lowest BCUT2D eigenvalue weighted by Gasteiger charge is -2.25. The average Bonchev–Trinajstić information content (AvgIpc) is 2.98. The number of fused-ring (bicyclic) bond motifs is 1. The standard InChI is InChI=1S/C21H24N2O3/c24-21(22-17-6-2-1-3-7-17)15-23-11-4-8-18(23)16-9-10-19-20(14-16)26-13-5-12-25-19/h1-3,6-7,9-10,14,18H,4-5,8,11-13,15H2,(H,22,24)/t18-/m0/s1. The predicted molar refractivity (Wildman–Crippen MR) is 101 cm³/mol. The average molecular weight is 352 g/mol. The van der Waals surface area contributed by atoms with Crippen molar-refractivity contribution in [3.63, 3.8) is 0 Å². The number of benzene rings is 2. The van der Waals surface area contributed by atoms with E-state index in [0.717, 1.165) is 43.0 Å². The lowest BCUT2D eigenvalue weighted by molar-refractivity contribution is -0.117. The van der Waals surface area contributed by atoms with Crippen LogP contribution in [0.3, 0.4) is 0 Å². The van der Waals surface area contributed by atoms with E-state index < -0.39 is 0 Å². The molecule has 0 radical (unpaired) electrons. The molecule has 0 aromatic heterocycles. The van der Waals surface area contributed by atoms with Crippen LogP contribution in [0.25, 0.3) is 0 Å². The molecule has 2 aliphatic heterocycles. The van der Waals surface area contributed by atoms with Crippen molar-refractivity contribution in [3.05, 3.63) is 54.1 Å². The Labute approximate surface area is 153 Å². The number of anilines is 1. The Morgan fingerprint density at radius 1 is 1.04 bits per heavy atom. The minimum Gasteiger partial charge on any atom is -0.490 e. The predicted octanol–water partition coefficient (Wildman–Crippen LogP) is 3.62. The van der Waals surface area contributed by atoms with Crippen LogP contribution in [0.1, 0.15) is 30.9 Å². The fraction of sp³-hybridized carbons (Fsp3) is 0.381. The highest BCUT2D eigenvalue weighted by Gasteiger charge is 2.28. The number of hydrogen-bond acceptors (Lipinski definition) is 4. The van der Waals surface area contributed by atoms with E-state index >= 15 is 0 Å². The molecule has 2 aromatic rings. The Hall–Kier alpha value is -2.53. The molecule has 2 aromatic carbocycles. The molecule has 0 saturated carbocycles. The molecule has 26 heavy (non-hydrogen) atoms. The number of rotatable bonds is 4. The topological polar surface area (TPSA) is 50.8 Å². The van der Waals surface area contributed by atoms with Gasteiger partial charge < -0.3 is 14.8 Å². The van der Waals surface area contributed by atoms with Crippen LogP contribution in [-0.2, 0) is 4.79 Å². The molecule has 1 N–H and O–H groups in total. The molecular formula is C21H24N2O3. The van der Waals surface area contributed by atoms with E-state index in [-0.39, 0.29) is 11.9 Å². The van der Waals surface area contributed by atoms with Crippen LogP contribution in [0.15, 0.2) is 48.5 Å². The number of carbonyl (C=O) groups excluding carboxylic acids is 1. The molecule has 1 saturated heterocycles. The second-order valence-electron chi connectivity index (χ2n) is 6.80. The van der Waals surface area contributed by atoms with Crippen molar-refractivity contribution in [1.29, 1.82) is 0 Å². The molecular weight excluding hydrogens is 328 g/mol. The van der Waals surface area contributed by atoms with E-state index in [0.29, 0.717) is 19.8 Å². The summed E-state index contributed by atoms with van der Waals surface area (Å²) in [5.41, 5.74) is 2.03. The van der Waals surface area contributed by atoms with E-state index in [1.54, 1.807) is 0 Å². The summed E-state index contributed by atoms with van der Waals surface area (Å²) in [4.78, 5) is 14.7. The SMILES string of the molecule is O=C(CN1CCC[C@H]1c1ccc2c(c1)OCCCO2)Nc1ccccc1. The van der Waals surface area contributed by atoms with Crippen molar-refractivity contribution < 1.29 is 14.3 Å². The Morgan fingerprint density at radius 3 is 2.69 bits per heavy atom. The van der Waals surface area contributed by atoms with Crippen LogP contribution in [-0.4, -0.2) is 37.1 Å². The number of amides is 1. The van der Waals surface area contributed by atoms with Gasteiger partial charge in [-0.25, -0.2) is 0 Å². The van der Waals surface area contributed by atoms with Crippen molar-refractivity contribution >= 4 is 11.6 Å². The number of hydrogen-bond donors (Lipinski definition) is 1. The summed E-state index contributed by atoms with van der Waals surface area (Å²) < 4.78 is 11.5. The second-order valence-corrected chi connectivity index (χ2v) is 6.80. The first-order valence-corrected chi connectivity index (χ1v) is 9.28. The van der Waals surface area contributed by atoms with Gasteiger partial charge in [0.2, 0.25) is 5.91 Å². The van der Waals surface area contributed by atoms with Gasteiger partial charge >= 0.3 is 0 Å². The number of ether oxygens (including phenoxy) is 2. The van der Waals surface area contributed by atoms with Gasteiger partial charge in [-0.3, -0.25) is 9.69 Å². The minimum atomic E-state index is 0.0254. The number of carbonyl (C=O) groups is 1. The molecule has 0 spiro atoms. The van der Waals surface area contributed by atoms with Crippen LogP contribution >= 0.6 is 0 Å². The molecule has 5 nitrogen and oxygen atoms in total. The van der Waals surface area contributed by atoms with Crippen LogP contribution < -0.4 is 14.8 Å². The van der Waals surface area contributed by atoms with Gasteiger partial charge in [0.1, 0.15) is 0 Å². The molecule has 5 heteroatoms. The Morgan fingerprint density at radius 2 is 1.85 bits per heavy atom. The van der Waals surface area contributed by atoms with Gasteiger partial charge in [-0.05, 0) is 49.2 Å². The third-order valence-corrected chi connectivity index (χ3v) is 4.92. The Balaban J connectivity index is 1.45. The van der Waals surface area contributed by atoms with Crippen LogP contribution in [0.4, 0.5) is 5.69 Å². The van der Waals surface area contributed by atoms with Crippen LogP contribution in [0.2, 0.25) is 0 Å². The van der Waals surface area contributed by atoms with E-state index in [4.69, 9.17) is 9.47 Å². The third kappa shape index (κ3) is 3.83. The van der Waals surface area contributed by atoms with Crippen molar-refractivity contribution in [2.45, 2.75) is 25.3 Å². The molecule has 136 valence electrons. The normalized spacial score (nSPS) is 19.8. The summed E-state index contributed by atoms with van der Waals surface area (Å²) in [5, 5.41) is 2.97. The van der Waals surface area contributed by atoms with Gasteiger partial charge in [0, 0.05) is 18.2 Å². The number of nitrogens with one attached hydrogen (secondary N) is 1. The van der Waals surface area contributed by atoms with Gasteiger partial charge in [0.15, 0.2) is 11.5 Å². The summed E-state index contributed by atoms with van der Waals surface area (Å²) in [5.74, 6) is 1.66. The van der Waals surface area contributed by atoms with Crippen molar-refractivity contribution in [2.24, 2.45) is 0 Å². The highest BCUT2D eigenvalue weighted by molar-refractivity contribution is 5.92. The molecule has 0 unspecified atom stereocenters. The van der Waals surface area contributed by atoms with E-state index in [1.807, 2.05) is 36.4 Å². The van der Waals surface area contributed by atoms with Gasteiger partial charge in [0.25, 0.3) is 0 Å². The lowest BCUT2D eigenvalue weighted by Crippen LogP contribution is -2.32. The molecule has 1 atom stereocenters. The maximum atomic E-state index is 12.4. The molecule has 4 rings (SSSR count). The zero-order chi connectivity index (χ0) is 17.8. The fourth-order valence-electron chi connectivity index (χ4n) is 3.69. The van der Waals surface area contributed by atoms with E-state index in [2.05, 4.69) is 22.3 Å². The maximum Gasteiger partial charge on any atom is 0.238 e. The molecule has 1 amide bonds. The maximum absolute atomic E-state index is 12.4. The van der Waals surface area contributed by atoms with Gasteiger partial charge in [-0.1, -0.05) is 24.3 Å². The van der Waals surface area contributed by atoms with Crippen molar-refractivity contribution in [1.82, 2.24) is 4.90 Å². The first-order chi connectivity index (χ1) is 12.8. The summed E-state index contributed by atoms with van der Waals surface area (Å²) in [6, 6.07) is 16.0. The minimum absolute atomic E-state index is 0.0254. The fourth-order valence-corrected chi connectivity index (χ4v) is 3.69. The Kier molecular flexibility index (Phi) is 5.07. The Bertz CT molecular complexity index is 763.